The molecule has 2 aromatic rings. The molecule has 0 atom stereocenters. The summed E-state index contributed by atoms with van der Waals surface area (Å²) in [6, 6.07) is 15.3. The third kappa shape index (κ3) is 15.9. The van der Waals surface area contributed by atoms with Crippen LogP contribution in [0.15, 0.2) is 66.4 Å². The Morgan fingerprint density at radius 3 is 1.89 bits per heavy atom. The Morgan fingerprint density at radius 1 is 1.11 bits per heavy atom. The number of hydrogen-bond acceptors (Lipinski definition) is 4. The van der Waals surface area contributed by atoms with E-state index in [4.69, 9.17) is 5.11 Å². The molecule has 6 nitrogen and oxygen atoms in total. The third-order valence-electron chi connectivity index (χ3n) is 2.53. The molecule has 28 heavy (non-hydrogen) atoms. The van der Waals surface area contributed by atoms with Crippen molar-refractivity contribution in [1.29, 1.82) is 0 Å². The van der Waals surface area contributed by atoms with Crippen molar-refractivity contribution in [3.63, 3.8) is 0 Å². The largest absolute Gasteiger partial charge is 0.512 e. The minimum Gasteiger partial charge on any atom is -0.512 e. The van der Waals surface area contributed by atoms with Gasteiger partial charge >= 0.3 is 0 Å². The van der Waals surface area contributed by atoms with Gasteiger partial charge in [-0.05, 0) is 39.1 Å². The van der Waals surface area contributed by atoms with E-state index in [0.29, 0.717) is 13.6 Å². The fourth-order valence-electron chi connectivity index (χ4n) is 1.51. The number of rotatable bonds is 3. The van der Waals surface area contributed by atoms with E-state index in [1.807, 2.05) is 30.3 Å². The molecule has 8 heteroatoms. The van der Waals surface area contributed by atoms with Crippen LogP contribution in [-0.4, -0.2) is 35.9 Å². The first kappa shape index (κ1) is 27.9. The number of nitro benzene ring substituents is 1. The summed E-state index contributed by atoms with van der Waals surface area (Å²) in [5.41, 5.74) is 1.45. The molecule has 156 valence electrons. The van der Waals surface area contributed by atoms with E-state index in [2.05, 4.69) is 32.2 Å². The first-order chi connectivity index (χ1) is 12.6. The first-order valence-electron chi connectivity index (χ1n) is 8.02. The predicted octanol–water partition coefficient (Wildman–Crippen LogP) is 5.22. The Hall–Kier alpha value is -2.36. The minimum atomic E-state index is -0.524. The van der Waals surface area contributed by atoms with E-state index >= 15 is 0 Å². The number of aliphatic hydroxyl groups is 1. The maximum absolute atomic E-state index is 11.2. The molecule has 2 rings (SSSR count). The van der Waals surface area contributed by atoms with Crippen LogP contribution in [0.3, 0.4) is 0 Å². The van der Waals surface area contributed by atoms with Gasteiger partial charge in [0.15, 0.2) is 0 Å². The average Bonchev–Trinajstić information content (AvgIpc) is 2.55. The normalized spacial score (nSPS) is 9.68. The summed E-state index contributed by atoms with van der Waals surface area (Å²) >= 11 is 0. The molecule has 0 aliphatic heterocycles. The number of carbonyl (C=O) groups is 1. The first-order valence-corrected chi connectivity index (χ1v) is 10.7. The van der Waals surface area contributed by atoms with Crippen LogP contribution in [0.5, 0.6) is 0 Å². The summed E-state index contributed by atoms with van der Waals surface area (Å²) in [5.74, 6) is -0.603. The molecule has 0 spiro atoms. The zero-order valence-electron chi connectivity index (χ0n) is 16.4. The Bertz CT molecular complexity index is 729. The SMILES string of the molecule is C/C(O)=C/C(=O)Nc1ccc([N+](=O)[O-])cc1.CP(C)C.[CH2-]c1ccccc1.[Ni]. The fraction of sp³-hybridized carbons (Fsp3) is 0.200. The molecule has 0 unspecified atom stereocenters. The van der Waals surface area contributed by atoms with Crippen molar-refractivity contribution in [3.05, 3.63) is 89.0 Å². The van der Waals surface area contributed by atoms with E-state index in [9.17, 15) is 14.9 Å². The van der Waals surface area contributed by atoms with Crippen molar-refractivity contribution in [1.82, 2.24) is 0 Å². The molecule has 2 N–H and O–H groups in total. The van der Waals surface area contributed by atoms with Crippen LogP contribution in [0.25, 0.3) is 0 Å². The van der Waals surface area contributed by atoms with Crippen LogP contribution in [0.4, 0.5) is 11.4 Å². The Morgan fingerprint density at radius 2 is 1.57 bits per heavy atom. The number of aliphatic hydroxyl groups excluding tert-OH is 1. The summed E-state index contributed by atoms with van der Waals surface area (Å²) in [4.78, 5) is 21.0. The summed E-state index contributed by atoms with van der Waals surface area (Å²) in [5, 5.41) is 21.6. The number of anilines is 1. The molecular formula is C20H26N2NiO4P-. The van der Waals surface area contributed by atoms with Gasteiger partial charge in [-0.3, -0.25) is 14.9 Å². The molecule has 1 amide bonds. The van der Waals surface area contributed by atoms with E-state index < -0.39 is 10.8 Å². The second-order valence-corrected chi connectivity index (χ2v) is 8.59. The van der Waals surface area contributed by atoms with Gasteiger partial charge in [-0.2, -0.15) is 24.6 Å². The molecule has 0 saturated carbocycles. The Labute approximate surface area is 177 Å². The van der Waals surface area contributed by atoms with Crippen LogP contribution in [0.1, 0.15) is 12.5 Å². The molecule has 0 heterocycles. The van der Waals surface area contributed by atoms with Crippen LogP contribution in [-0.2, 0) is 21.3 Å². The van der Waals surface area contributed by atoms with Gasteiger partial charge in [0.2, 0.25) is 0 Å². The molecule has 0 aliphatic carbocycles. The van der Waals surface area contributed by atoms with Crippen molar-refractivity contribution in [3.8, 4) is 0 Å². The van der Waals surface area contributed by atoms with Gasteiger partial charge in [-0.25, -0.2) is 0 Å². The summed E-state index contributed by atoms with van der Waals surface area (Å²) in [7, 11) is 0.380. The Kier molecular flexibility index (Phi) is 15.6. The van der Waals surface area contributed by atoms with Gasteiger partial charge in [-0.1, -0.05) is 6.07 Å². The van der Waals surface area contributed by atoms with E-state index in [0.717, 1.165) is 11.6 Å². The van der Waals surface area contributed by atoms with Gasteiger partial charge in [-0.15, -0.1) is 20.1 Å². The van der Waals surface area contributed by atoms with Crippen LogP contribution in [0.2, 0.25) is 0 Å². The van der Waals surface area contributed by atoms with Crippen molar-refractivity contribution in [2.75, 3.05) is 25.3 Å². The number of hydrogen-bond donors (Lipinski definition) is 2. The van der Waals surface area contributed by atoms with E-state index in [1.165, 1.54) is 31.2 Å². The summed E-state index contributed by atoms with van der Waals surface area (Å²) in [6.07, 6.45) is 1.02. The van der Waals surface area contributed by atoms with Crippen LogP contribution < -0.4 is 5.32 Å². The van der Waals surface area contributed by atoms with Crippen molar-refractivity contribution in [2.45, 2.75) is 6.92 Å². The molecule has 0 radical (unpaired) electrons. The van der Waals surface area contributed by atoms with E-state index in [-0.39, 0.29) is 27.9 Å². The smallest absolute Gasteiger partial charge is 0.269 e. The second-order valence-electron chi connectivity index (χ2n) is 5.91. The number of nitrogens with one attached hydrogen (secondary N) is 1. The zero-order valence-corrected chi connectivity index (χ0v) is 18.2. The maximum atomic E-state index is 11.2. The van der Waals surface area contributed by atoms with Crippen LogP contribution in [0, 0.1) is 17.0 Å². The molecular weight excluding hydrogens is 422 g/mol. The van der Waals surface area contributed by atoms with Crippen LogP contribution >= 0.6 is 7.92 Å². The number of non-ortho nitro benzene ring substituents is 1. The third-order valence-corrected chi connectivity index (χ3v) is 2.53. The number of nitrogens with zero attached hydrogens (tertiary/aromatic N) is 1. The monoisotopic (exact) mass is 447 g/mol. The Balaban J connectivity index is 0. The fourth-order valence-corrected chi connectivity index (χ4v) is 1.51. The van der Waals surface area contributed by atoms with Gasteiger partial charge < -0.3 is 10.4 Å². The summed E-state index contributed by atoms with van der Waals surface area (Å²) < 4.78 is 0. The summed E-state index contributed by atoms with van der Waals surface area (Å²) in [6.45, 7) is 11.8. The minimum absolute atomic E-state index is 0. The average molecular weight is 448 g/mol. The molecule has 0 aliphatic rings. The van der Waals surface area contributed by atoms with Crippen molar-refractivity contribution >= 4 is 25.2 Å². The standard InChI is InChI=1S/C10H10N2O4.C7H7.C3H9P.Ni/c1-7(13)6-10(14)11-8-2-4-9(5-3-8)12(15)16;1-7-5-3-2-4-6-7;1-4(2)3;/h2-6,13H,1H3,(H,11,14);2-6H,1H2;1-3H3;/q;-1;;/b7-6-;;;. The zero-order chi connectivity index (χ0) is 20.8. The van der Waals surface area contributed by atoms with Gasteiger partial charge in [0.05, 0.1) is 10.7 Å². The molecule has 0 saturated heterocycles. The van der Waals surface area contributed by atoms with Gasteiger partial charge in [0.25, 0.3) is 11.6 Å². The number of amides is 1. The number of nitro groups is 1. The number of benzene rings is 2. The quantitative estimate of drug-likeness (QED) is 0.128. The molecule has 0 bridgehead atoms. The number of carbonyl (C=O) groups excluding carboxylic acids is 1. The van der Waals surface area contributed by atoms with Crippen molar-refractivity contribution < 1.29 is 31.3 Å². The number of allylic oxidation sites excluding steroid dienone is 1. The van der Waals surface area contributed by atoms with E-state index in [1.54, 1.807) is 0 Å². The van der Waals surface area contributed by atoms with Gasteiger partial charge in [0.1, 0.15) is 0 Å². The van der Waals surface area contributed by atoms with Gasteiger partial charge in [0, 0.05) is 40.4 Å². The molecule has 0 fully saturated rings. The predicted molar refractivity (Wildman–Crippen MR) is 114 cm³/mol. The maximum Gasteiger partial charge on any atom is 0.269 e. The molecule has 0 aromatic heterocycles. The topological polar surface area (TPSA) is 92.5 Å². The molecule has 2 aromatic carbocycles. The second kappa shape index (κ2) is 15.7. The van der Waals surface area contributed by atoms with Crippen molar-refractivity contribution in [2.24, 2.45) is 0 Å².